The van der Waals surface area contributed by atoms with Crippen LogP contribution < -0.4 is 14.4 Å². The summed E-state index contributed by atoms with van der Waals surface area (Å²) in [4.78, 5) is 28.0. The van der Waals surface area contributed by atoms with Gasteiger partial charge in [0.1, 0.15) is 17.6 Å². The average Bonchev–Trinajstić information content (AvgIpc) is 2.82. The Morgan fingerprint density at radius 2 is 1.63 bits per heavy atom. The van der Waals surface area contributed by atoms with E-state index in [9.17, 15) is 22.4 Å². The summed E-state index contributed by atoms with van der Waals surface area (Å²) in [6.07, 6.45) is 1.78. The van der Waals surface area contributed by atoms with E-state index < -0.39 is 21.6 Å². The summed E-state index contributed by atoms with van der Waals surface area (Å²) in [5, 5.41) is 2.94. The Bertz CT molecular complexity index is 1160. The summed E-state index contributed by atoms with van der Waals surface area (Å²) < 4.78 is 45.2. The molecule has 2 aromatic carbocycles. The summed E-state index contributed by atoms with van der Waals surface area (Å²) in [6.45, 7) is 10.0. The molecule has 8 nitrogen and oxygen atoms in total. The van der Waals surface area contributed by atoms with Gasteiger partial charge >= 0.3 is 0 Å². The van der Waals surface area contributed by atoms with E-state index in [0.29, 0.717) is 30.0 Å². The topological polar surface area (TPSA) is 96.0 Å². The van der Waals surface area contributed by atoms with Crippen LogP contribution >= 0.6 is 0 Å². The number of amides is 2. The number of sulfonamides is 1. The Morgan fingerprint density at radius 1 is 1.03 bits per heavy atom. The molecule has 38 heavy (non-hydrogen) atoms. The molecule has 2 amide bonds. The second-order valence-electron chi connectivity index (χ2n) is 10.2. The first-order valence-electron chi connectivity index (χ1n) is 12.8. The van der Waals surface area contributed by atoms with Crippen molar-refractivity contribution in [3.05, 3.63) is 59.9 Å². The molecule has 0 radical (unpaired) electrons. The van der Waals surface area contributed by atoms with Gasteiger partial charge < -0.3 is 15.0 Å². The SMILES string of the molecule is CCOc1ccc(N(CCCC(=O)N(Cc2ccc(F)cc2)[C@H](CC)C(=O)NC(C)(C)C)S(C)(=O)=O)cc1. The number of benzene rings is 2. The Balaban J connectivity index is 2.21. The van der Waals surface area contributed by atoms with E-state index in [1.807, 2.05) is 34.6 Å². The maximum atomic E-state index is 13.5. The first-order chi connectivity index (χ1) is 17.7. The number of anilines is 1. The number of hydrogen-bond acceptors (Lipinski definition) is 5. The quantitative estimate of drug-likeness (QED) is 0.397. The van der Waals surface area contributed by atoms with Crippen molar-refractivity contribution in [2.24, 2.45) is 0 Å². The monoisotopic (exact) mass is 549 g/mol. The van der Waals surface area contributed by atoms with Crippen molar-refractivity contribution >= 4 is 27.5 Å². The lowest BCUT2D eigenvalue weighted by Crippen LogP contribution is -2.53. The molecule has 0 saturated heterocycles. The van der Waals surface area contributed by atoms with E-state index in [-0.39, 0.29) is 43.6 Å². The molecule has 0 spiro atoms. The van der Waals surface area contributed by atoms with Crippen LogP contribution in [0.5, 0.6) is 5.75 Å². The molecular weight excluding hydrogens is 509 g/mol. The second-order valence-corrected chi connectivity index (χ2v) is 12.1. The maximum Gasteiger partial charge on any atom is 0.243 e. The fraction of sp³-hybridized carbons (Fsp3) is 0.500. The summed E-state index contributed by atoms with van der Waals surface area (Å²) in [5.74, 6) is -0.317. The molecule has 210 valence electrons. The third-order valence-electron chi connectivity index (χ3n) is 5.74. The van der Waals surface area contributed by atoms with Crippen molar-refractivity contribution in [2.45, 2.75) is 72.0 Å². The van der Waals surface area contributed by atoms with Gasteiger partial charge in [0.05, 0.1) is 18.6 Å². The minimum absolute atomic E-state index is 0.0313. The van der Waals surface area contributed by atoms with Crippen LogP contribution in [0.25, 0.3) is 0 Å². The fourth-order valence-electron chi connectivity index (χ4n) is 4.04. The molecule has 0 unspecified atom stereocenters. The number of carbonyl (C=O) groups excluding carboxylic acids is 2. The predicted octanol–water partition coefficient (Wildman–Crippen LogP) is 4.49. The van der Waals surface area contributed by atoms with Gasteiger partial charge in [0.25, 0.3) is 0 Å². The van der Waals surface area contributed by atoms with E-state index in [1.165, 1.54) is 21.3 Å². The number of hydrogen-bond donors (Lipinski definition) is 1. The van der Waals surface area contributed by atoms with Crippen molar-refractivity contribution in [1.82, 2.24) is 10.2 Å². The lowest BCUT2D eigenvalue weighted by Gasteiger charge is -2.33. The first-order valence-corrected chi connectivity index (χ1v) is 14.7. The third-order valence-corrected chi connectivity index (χ3v) is 6.93. The number of rotatable bonds is 13. The summed E-state index contributed by atoms with van der Waals surface area (Å²) >= 11 is 0. The van der Waals surface area contributed by atoms with E-state index >= 15 is 0 Å². The molecule has 2 rings (SSSR count). The highest BCUT2D eigenvalue weighted by Gasteiger charge is 2.30. The van der Waals surface area contributed by atoms with Gasteiger partial charge in [-0.25, -0.2) is 12.8 Å². The van der Waals surface area contributed by atoms with Crippen molar-refractivity contribution in [1.29, 1.82) is 0 Å². The van der Waals surface area contributed by atoms with Gasteiger partial charge in [-0.2, -0.15) is 0 Å². The molecule has 0 bridgehead atoms. The van der Waals surface area contributed by atoms with Crippen LogP contribution in [0, 0.1) is 5.82 Å². The molecule has 0 fully saturated rings. The average molecular weight is 550 g/mol. The zero-order chi connectivity index (χ0) is 28.5. The van der Waals surface area contributed by atoms with Crippen molar-refractivity contribution in [2.75, 3.05) is 23.7 Å². The number of halogens is 1. The van der Waals surface area contributed by atoms with Gasteiger partial charge in [-0.1, -0.05) is 19.1 Å². The molecule has 1 atom stereocenters. The lowest BCUT2D eigenvalue weighted by atomic mass is 10.0. The zero-order valence-corrected chi connectivity index (χ0v) is 24.0. The standard InChI is InChI=1S/C28H40FN3O5S/c1-7-25(27(34)30-28(3,4)5)31(20-21-11-13-22(29)14-12-21)26(33)10-9-19-32(38(6,35)36)23-15-17-24(18-16-23)37-8-2/h11-18,25H,7-10,19-20H2,1-6H3,(H,30,34)/t25-/m1/s1. The summed E-state index contributed by atoms with van der Waals surface area (Å²) in [5.41, 5.74) is 0.680. The van der Waals surface area contributed by atoms with Gasteiger partial charge in [-0.3, -0.25) is 13.9 Å². The molecule has 0 aliphatic carbocycles. The first kappa shape index (κ1) is 31.1. The number of carbonyl (C=O) groups is 2. The summed E-state index contributed by atoms with van der Waals surface area (Å²) in [7, 11) is -3.60. The van der Waals surface area contributed by atoms with Gasteiger partial charge in [-0.15, -0.1) is 0 Å². The van der Waals surface area contributed by atoms with Crippen LogP contribution in [0.15, 0.2) is 48.5 Å². The minimum atomic E-state index is -3.60. The Hall–Kier alpha value is -3.14. The van der Waals surface area contributed by atoms with Crippen LogP contribution in [-0.4, -0.2) is 56.1 Å². The third kappa shape index (κ3) is 9.63. The van der Waals surface area contributed by atoms with Gasteiger partial charge in [0, 0.05) is 25.0 Å². The Kier molecular flexibility index (Phi) is 11.1. The number of ether oxygens (including phenoxy) is 1. The minimum Gasteiger partial charge on any atom is -0.494 e. The second kappa shape index (κ2) is 13.6. The maximum absolute atomic E-state index is 13.5. The molecule has 0 aliphatic heterocycles. The van der Waals surface area contributed by atoms with Crippen LogP contribution in [0.1, 0.15) is 59.4 Å². The molecule has 2 aromatic rings. The van der Waals surface area contributed by atoms with Crippen LogP contribution in [-0.2, 0) is 26.2 Å². The van der Waals surface area contributed by atoms with E-state index in [0.717, 1.165) is 6.26 Å². The normalized spacial score (nSPS) is 12.5. The Morgan fingerprint density at radius 3 is 2.13 bits per heavy atom. The summed E-state index contributed by atoms with van der Waals surface area (Å²) in [6, 6.07) is 11.8. The zero-order valence-electron chi connectivity index (χ0n) is 23.2. The van der Waals surface area contributed by atoms with E-state index in [1.54, 1.807) is 36.4 Å². The fourth-order valence-corrected chi connectivity index (χ4v) is 5.00. The van der Waals surface area contributed by atoms with Gasteiger partial charge in [0.2, 0.25) is 21.8 Å². The number of nitrogens with one attached hydrogen (secondary N) is 1. The van der Waals surface area contributed by atoms with Crippen LogP contribution in [0.2, 0.25) is 0 Å². The molecule has 0 heterocycles. The van der Waals surface area contributed by atoms with Crippen molar-refractivity contribution in [3.8, 4) is 5.75 Å². The largest absolute Gasteiger partial charge is 0.494 e. The molecule has 0 saturated carbocycles. The molecule has 0 aliphatic rings. The molecule has 0 aromatic heterocycles. The highest BCUT2D eigenvalue weighted by molar-refractivity contribution is 7.92. The highest BCUT2D eigenvalue weighted by atomic mass is 32.2. The van der Waals surface area contributed by atoms with E-state index in [2.05, 4.69) is 5.32 Å². The molecule has 1 N–H and O–H groups in total. The van der Waals surface area contributed by atoms with Gasteiger partial charge in [0.15, 0.2) is 0 Å². The van der Waals surface area contributed by atoms with Gasteiger partial charge in [-0.05, 0) is 82.5 Å². The molecule has 10 heteroatoms. The lowest BCUT2D eigenvalue weighted by molar-refractivity contribution is -0.142. The molecular formula is C28H40FN3O5S. The smallest absolute Gasteiger partial charge is 0.243 e. The van der Waals surface area contributed by atoms with E-state index in [4.69, 9.17) is 4.74 Å². The highest BCUT2D eigenvalue weighted by Crippen LogP contribution is 2.23. The van der Waals surface area contributed by atoms with Crippen molar-refractivity contribution < 1.29 is 27.1 Å². The van der Waals surface area contributed by atoms with Crippen molar-refractivity contribution in [3.63, 3.8) is 0 Å². The van der Waals surface area contributed by atoms with Crippen LogP contribution in [0.3, 0.4) is 0 Å². The predicted molar refractivity (Wildman–Crippen MR) is 148 cm³/mol. The number of nitrogens with zero attached hydrogens (tertiary/aromatic N) is 2. The Labute approximate surface area is 226 Å². The van der Waals surface area contributed by atoms with Crippen LogP contribution in [0.4, 0.5) is 10.1 Å².